The first-order valence-electron chi connectivity index (χ1n) is 3.83. The number of hydrogen-bond donors (Lipinski definition) is 1. The van der Waals surface area contributed by atoms with Crippen LogP contribution in [0.1, 0.15) is 5.69 Å². The highest BCUT2D eigenvalue weighted by Crippen LogP contribution is 2.21. The number of aliphatic hydroxyl groups is 1. The summed E-state index contributed by atoms with van der Waals surface area (Å²) in [5, 5.41) is 12.9. The van der Waals surface area contributed by atoms with Gasteiger partial charge in [0, 0.05) is 13.2 Å². The summed E-state index contributed by atoms with van der Waals surface area (Å²) in [5.74, 6) is 0.579. The lowest BCUT2D eigenvalue weighted by atomic mass is 10.2. The van der Waals surface area contributed by atoms with Gasteiger partial charge in [-0.15, -0.1) is 0 Å². The van der Waals surface area contributed by atoms with Crippen LogP contribution in [0.25, 0.3) is 11.3 Å². The SMILES string of the molecule is Cn1cc(-c2ocnc2CO)cn1. The maximum Gasteiger partial charge on any atom is 0.181 e. The van der Waals surface area contributed by atoms with Gasteiger partial charge in [0.2, 0.25) is 0 Å². The molecule has 13 heavy (non-hydrogen) atoms. The topological polar surface area (TPSA) is 64.1 Å². The van der Waals surface area contributed by atoms with Crippen molar-refractivity contribution < 1.29 is 9.52 Å². The largest absolute Gasteiger partial charge is 0.443 e. The predicted octanol–water partition coefficient (Wildman–Crippen LogP) is 0.567. The molecule has 0 saturated heterocycles. The van der Waals surface area contributed by atoms with Crippen LogP contribution in [0.5, 0.6) is 0 Å². The fourth-order valence-electron chi connectivity index (χ4n) is 1.16. The van der Waals surface area contributed by atoms with Crippen LogP contribution in [0, 0.1) is 0 Å². The Bertz CT molecular complexity index is 405. The van der Waals surface area contributed by atoms with Gasteiger partial charge in [0.1, 0.15) is 5.69 Å². The Hall–Kier alpha value is -1.62. The summed E-state index contributed by atoms with van der Waals surface area (Å²) < 4.78 is 6.80. The molecule has 0 atom stereocenters. The van der Waals surface area contributed by atoms with E-state index < -0.39 is 0 Å². The van der Waals surface area contributed by atoms with Crippen molar-refractivity contribution in [1.29, 1.82) is 0 Å². The molecule has 0 aliphatic carbocycles. The van der Waals surface area contributed by atoms with Crippen LogP contribution in [-0.2, 0) is 13.7 Å². The van der Waals surface area contributed by atoms with Gasteiger partial charge in [0.25, 0.3) is 0 Å². The third-order valence-corrected chi connectivity index (χ3v) is 1.76. The normalized spacial score (nSPS) is 10.6. The van der Waals surface area contributed by atoms with E-state index in [1.807, 2.05) is 7.05 Å². The molecule has 2 rings (SSSR count). The van der Waals surface area contributed by atoms with E-state index in [9.17, 15) is 0 Å². The minimum atomic E-state index is -0.124. The fourth-order valence-corrected chi connectivity index (χ4v) is 1.16. The number of aromatic nitrogens is 3. The second-order valence-electron chi connectivity index (χ2n) is 2.69. The molecule has 0 amide bonds. The third-order valence-electron chi connectivity index (χ3n) is 1.76. The summed E-state index contributed by atoms with van der Waals surface area (Å²) in [4.78, 5) is 3.87. The number of aliphatic hydroxyl groups excluding tert-OH is 1. The van der Waals surface area contributed by atoms with Crippen molar-refractivity contribution in [1.82, 2.24) is 14.8 Å². The molecule has 2 aromatic heterocycles. The van der Waals surface area contributed by atoms with Crippen molar-refractivity contribution in [3.63, 3.8) is 0 Å². The van der Waals surface area contributed by atoms with E-state index in [-0.39, 0.29) is 6.61 Å². The first kappa shape index (κ1) is 8.00. The molecule has 0 saturated carbocycles. The number of hydrogen-bond acceptors (Lipinski definition) is 4. The highest BCUT2D eigenvalue weighted by molar-refractivity contribution is 5.57. The second-order valence-corrected chi connectivity index (χ2v) is 2.69. The summed E-state index contributed by atoms with van der Waals surface area (Å²) in [6, 6.07) is 0. The van der Waals surface area contributed by atoms with Gasteiger partial charge < -0.3 is 9.52 Å². The van der Waals surface area contributed by atoms with Crippen LogP contribution in [-0.4, -0.2) is 19.9 Å². The van der Waals surface area contributed by atoms with E-state index >= 15 is 0 Å². The van der Waals surface area contributed by atoms with Gasteiger partial charge >= 0.3 is 0 Å². The Labute approximate surface area is 74.6 Å². The minimum Gasteiger partial charge on any atom is -0.443 e. The molecule has 0 radical (unpaired) electrons. The standard InChI is InChI=1S/C8H9N3O2/c1-11-3-6(2-10-11)8-7(4-12)9-5-13-8/h2-3,5,12H,4H2,1H3. The highest BCUT2D eigenvalue weighted by atomic mass is 16.3. The zero-order valence-corrected chi connectivity index (χ0v) is 7.14. The Morgan fingerprint density at radius 1 is 1.62 bits per heavy atom. The van der Waals surface area contributed by atoms with Crippen molar-refractivity contribution >= 4 is 0 Å². The molecule has 0 unspecified atom stereocenters. The number of oxazole rings is 1. The Morgan fingerprint density at radius 2 is 2.46 bits per heavy atom. The zero-order valence-electron chi connectivity index (χ0n) is 7.14. The maximum absolute atomic E-state index is 8.93. The molecule has 1 N–H and O–H groups in total. The number of aryl methyl sites for hydroxylation is 1. The average Bonchev–Trinajstić information content (AvgIpc) is 2.71. The summed E-state index contributed by atoms with van der Waals surface area (Å²) in [5.41, 5.74) is 1.36. The molecule has 0 fully saturated rings. The molecule has 5 heteroatoms. The molecule has 2 heterocycles. The van der Waals surface area contributed by atoms with E-state index in [0.29, 0.717) is 11.5 Å². The predicted molar refractivity (Wildman–Crippen MR) is 44.6 cm³/mol. The van der Waals surface area contributed by atoms with Gasteiger partial charge in [-0.25, -0.2) is 4.98 Å². The van der Waals surface area contributed by atoms with Crippen molar-refractivity contribution in [2.45, 2.75) is 6.61 Å². The van der Waals surface area contributed by atoms with Gasteiger partial charge in [-0.05, 0) is 0 Å². The van der Waals surface area contributed by atoms with Gasteiger partial charge in [0.05, 0.1) is 18.4 Å². The van der Waals surface area contributed by atoms with Gasteiger partial charge in [-0.2, -0.15) is 5.10 Å². The first-order chi connectivity index (χ1) is 6.31. The van der Waals surface area contributed by atoms with Crippen molar-refractivity contribution in [3.8, 4) is 11.3 Å². The Balaban J connectivity index is 2.45. The zero-order chi connectivity index (χ0) is 9.26. The maximum atomic E-state index is 8.93. The van der Waals surface area contributed by atoms with E-state index in [0.717, 1.165) is 5.56 Å². The molecule has 0 bridgehead atoms. The van der Waals surface area contributed by atoms with E-state index in [4.69, 9.17) is 9.52 Å². The smallest absolute Gasteiger partial charge is 0.181 e. The molecule has 2 aromatic rings. The molecular formula is C8H9N3O2. The molecule has 68 valence electrons. The van der Waals surface area contributed by atoms with E-state index in [1.165, 1.54) is 6.39 Å². The average molecular weight is 179 g/mol. The summed E-state index contributed by atoms with van der Waals surface area (Å²) in [7, 11) is 1.82. The molecule has 0 spiro atoms. The highest BCUT2D eigenvalue weighted by Gasteiger charge is 2.10. The lowest BCUT2D eigenvalue weighted by molar-refractivity contribution is 0.277. The lowest BCUT2D eigenvalue weighted by Gasteiger charge is -1.91. The van der Waals surface area contributed by atoms with E-state index in [1.54, 1.807) is 17.1 Å². The van der Waals surface area contributed by atoms with Gasteiger partial charge in [-0.1, -0.05) is 0 Å². The first-order valence-corrected chi connectivity index (χ1v) is 3.83. The van der Waals surface area contributed by atoms with E-state index in [2.05, 4.69) is 10.1 Å². The Morgan fingerprint density at radius 3 is 3.08 bits per heavy atom. The van der Waals surface area contributed by atoms with Crippen LogP contribution in [0.2, 0.25) is 0 Å². The molecular weight excluding hydrogens is 170 g/mol. The third kappa shape index (κ3) is 1.33. The molecule has 0 aromatic carbocycles. The summed E-state index contributed by atoms with van der Waals surface area (Å²) in [6.45, 7) is -0.124. The molecule has 5 nitrogen and oxygen atoms in total. The summed E-state index contributed by atoms with van der Waals surface area (Å²) in [6.07, 6.45) is 4.78. The van der Waals surface area contributed by atoms with Gasteiger partial charge in [-0.3, -0.25) is 4.68 Å². The van der Waals surface area contributed by atoms with Crippen molar-refractivity contribution in [3.05, 3.63) is 24.5 Å². The monoisotopic (exact) mass is 179 g/mol. The summed E-state index contributed by atoms with van der Waals surface area (Å²) >= 11 is 0. The molecule has 0 aliphatic heterocycles. The Kier molecular flexibility index (Phi) is 1.86. The quantitative estimate of drug-likeness (QED) is 0.731. The van der Waals surface area contributed by atoms with Crippen LogP contribution >= 0.6 is 0 Å². The number of rotatable bonds is 2. The van der Waals surface area contributed by atoms with Crippen LogP contribution in [0.15, 0.2) is 23.2 Å². The van der Waals surface area contributed by atoms with Crippen LogP contribution < -0.4 is 0 Å². The fraction of sp³-hybridized carbons (Fsp3) is 0.250. The number of nitrogens with zero attached hydrogens (tertiary/aromatic N) is 3. The lowest BCUT2D eigenvalue weighted by Crippen LogP contribution is -1.86. The van der Waals surface area contributed by atoms with Crippen molar-refractivity contribution in [2.75, 3.05) is 0 Å². The second kappa shape index (κ2) is 3.02. The molecule has 0 aliphatic rings. The minimum absolute atomic E-state index is 0.124. The van der Waals surface area contributed by atoms with Crippen molar-refractivity contribution in [2.24, 2.45) is 7.05 Å². The van der Waals surface area contributed by atoms with Gasteiger partial charge in [0.15, 0.2) is 12.2 Å². The van der Waals surface area contributed by atoms with Crippen LogP contribution in [0.4, 0.5) is 0 Å². The van der Waals surface area contributed by atoms with Crippen LogP contribution in [0.3, 0.4) is 0 Å².